The highest BCUT2D eigenvalue weighted by atomic mass is 35.5. The lowest BCUT2D eigenvalue weighted by Crippen LogP contribution is -3.11. The van der Waals surface area contributed by atoms with Gasteiger partial charge in [0.2, 0.25) is 0 Å². The number of aryl methyl sites for hydroxylation is 1. The van der Waals surface area contributed by atoms with Gasteiger partial charge in [0.15, 0.2) is 13.1 Å². The number of halogens is 1. The second-order valence-electron chi connectivity index (χ2n) is 6.57. The van der Waals surface area contributed by atoms with Crippen molar-refractivity contribution in [2.45, 2.75) is 13.8 Å². The highest BCUT2D eigenvalue weighted by Crippen LogP contribution is 2.27. The number of hydrogen-bond acceptors (Lipinski definition) is 4. The molecular weight excluding hydrogens is 384 g/mol. The molecule has 148 valence electrons. The van der Waals surface area contributed by atoms with Crippen molar-refractivity contribution in [1.29, 1.82) is 0 Å². The van der Waals surface area contributed by atoms with Crippen LogP contribution in [0.25, 0.3) is 0 Å². The largest absolute Gasteiger partial charge is 0.322 e. The highest BCUT2D eigenvalue weighted by Gasteiger charge is 2.19. The summed E-state index contributed by atoms with van der Waals surface area (Å²) in [7, 11) is 1.69. The van der Waals surface area contributed by atoms with Gasteiger partial charge in [-0.15, -0.1) is 0 Å². The fourth-order valence-corrected chi connectivity index (χ4v) is 2.81. The minimum Gasteiger partial charge on any atom is -0.322 e. The molecule has 9 heteroatoms. The summed E-state index contributed by atoms with van der Waals surface area (Å²) in [4.78, 5) is 35.5. The van der Waals surface area contributed by atoms with Crippen LogP contribution in [0.15, 0.2) is 36.4 Å². The molecule has 0 heterocycles. The van der Waals surface area contributed by atoms with Crippen molar-refractivity contribution in [1.82, 2.24) is 0 Å². The molecule has 1 unspecified atom stereocenters. The quantitative estimate of drug-likeness (QED) is 0.483. The molecule has 2 aromatic carbocycles. The van der Waals surface area contributed by atoms with E-state index in [-0.39, 0.29) is 35.4 Å². The van der Waals surface area contributed by atoms with Gasteiger partial charge in [0.25, 0.3) is 17.5 Å². The van der Waals surface area contributed by atoms with Crippen LogP contribution in [0.4, 0.5) is 17.1 Å². The molecule has 2 aromatic rings. The summed E-state index contributed by atoms with van der Waals surface area (Å²) in [6.45, 7) is 3.93. The number of nitro benzene ring substituents is 1. The van der Waals surface area contributed by atoms with E-state index in [0.29, 0.717) is 4.90 Å². The molecule has 2 amide bonds. The van der Waals surface area contributed by atoms with E-state index in [1.807, 2.05) is 32.0 Å². The van der Waals surface area contributed by atoms with Crippen LogP contribution in [-0.4, -0.2) is 36.9 Å². The smallest absolute Gasteiger partial charge is 0.294 e. The van der Waals surface area contributed by atoms with Crippen LogP contribution in [0.3, 0.4) is 0 Å². The third-order valence-electron chi connectivity index (χ3n) is 4.23. The van der Waals surface area contributed by atoms with E-state index < -0.39 is 10.8 Å². The van der Waals surface area contributed by atoms with Crippen LogP contribution in [0, 0.1) is 24.0 Å². The van der Waals surface area contributed by atoms with E-state index in [9.17, 15) is 19.7 Å². The van der Waals surface area contributed by atoms with Crippen molar-refractivity contribution >= 4 is 40.5 Å². The van der Waals surface area contributed by atoms with E-state index in [1.54, 1.807) is 7.05 Å². The molecule has 28 heavy (non-hydrogen) atoms. The van der Waals surface area contributed by atoms with Crippen LogP contribution < -0.4 is 15.5 Å². The molecule has 0 aromatic heterocycles. The Hall–Kier alpha value is -2.97. The molecule has 0 spiro atoms. The molecule has 0 aliphatic heterocycles. The van der Waals surface area contributed by atoms with Gasteiger partial charge in [-0.05, 0) is 43.2 Å². The first-order chi connectivity index (χ1) is 13.2. The average molecular weight is 406 g/mol. The lowest BCUT2D eigenvalue weighted by atomic mass is 10.1. The van der Waals surface area contributed by atoms with Crippen molar-refractivity contribution in [3.05, 3.63) is 62.7 Å². The lowest BCUT2D eigenvalue weighted by Gasteiger charge is -2.15. The lowest BCUT2D eigenvalue weighted by molar-refractivity contribution is -0.862. The molecule has 0 saturated carbocycles. The molecular formula is C19H22ClN4O4+. The topological polar surface area (TPSA) is 106 Å². The standard InChI is InChI=1S/C19H21ClN4O4/c1-12-5-4-6-15(13(12)2)21-18(25)10-23(3)11-19(26)22-16-8-7-14(20)9-17(16)24(27)28/h4-9H,10-11H2,1-3H3,(H,21,25)(H,22,26)/p+1. The molecule has 2 rings (SSSR count). The van der Waals surface area contributed by atoms with Crippen molar-refractivity contribution in [3.8, 4) is 0 Å². The summed E-state index contributed by atoms with van der Waals surface area (Å²) in [5.41, 5.74) is 2.57. The minimum atomic E-state index is -0.615. The molecule has 0 aliphatic carbocycles. The number of carbonyl (C=O) groups is 2. The SMILES string of the molecule is Cc1cccc(NC(=O)C[NH+](C)CC(=O)Nc2ccc(Cl)cc2[N+](=O)[O-])c1C. The Labute approximate surface area is 167 Å². The molecule has 3 N–H and O–H groups in total. The minimum absolute atomic E-state index is 0.0278. The maximum atomic E-state index is 12.2. The molecule has 1 atom stereocenters. The van der Waals surface area contributed by atoms with Crippen LogP contribution in [0.2, 0.25) is 5.02 Å². The number of likely N-dealkylation sites (N-methyl/N-ethyl adjacent to an activating group) is 1. The van der Waals surface area contributed by atoms with E-state index in [2.05, 4.69) is 10.6 Å². The number of quaternary nitrogens is 1. The van der Waals surface area contributed by atoms with Crippen LogP contribution >= 0.6 is 11.6 Å². The number of hydrogen-bond donors (Lipinski definition) is 3. The summed E-state index contributed by atoms with van der Waals surface area (Å²) >= 11 is 5.76. The third kappa shape index (κ3) is 5.77. The molecule has 0 aliphatic rings. The second-order valence-corrected chi connectivity index (χ2v) is 7.01. The van der Waals surface area contributed by atoms with Gasteiger partial charge in [-0.1, -0.05) is 23.7 Å². The number of benzene rings is 2. The van der Waals surface area contributed by atoms with Gasteiger partial charge in [0.05, 0.1) is 12.0 Å². The first kappa shape index (κ1) is 21.3. The Morgan fingerprint density at radius 1 is 1.07 bits per heavy atom. The zero-order valence-corrected chi connectivity index (χ0v) is 16.6. The highest BCUT2D eigenvalue weighted by molar-refractivity contribution is 6.31. The van der Waals surface area contributed by atoms with Gasteiger partial charge in [0.1, 0.15) is 5.69 Å². The van der Waals surface area contributed by atoms with Crippen molar-refractivity contribution in [3.63, 3.8) is 0 Å². The summed E-state index contributed by atoms with van der Waals surface area (Å²) < 4.78 is 0. The fourth-order valence-electron chi connectivity index (χ4n) is 2.65. The van der Waals surface area contributed by atoms with Crippen molar-refractivity contribution < 1.29 is 19.4 Å². The molecule has 0 fully saturated rings. The first-order valence-electron chi connectivity index (χ1n) is 8.58. The maximum Gasteiger partial charge on any atom is 0.294 e. The summed E-state index contributed by atoms with van der Waals surface area (Å²) in [6.07, 6.45) is 0. The number of nitrogens with one attached hydrogen (secondary N) is 3. The van der Waals surface area contributed by atoms with E-state index >= 15 is 0 Å². The second kappa shape index (κ2) is 9.29. The number of carbonyl (C=O) groups excluding carboxylic acids is 2. The predicted octanol–water partition coefficient (Wildman–Crippen LogP) is 1.96. The van der Waals surface area contributed by atoms with Crippen LogP contribution in [0.1, 0.15) is 11.1 Å². The molecule has 0 radical (unpaired) electrons. The Morgan fingerprint density at radius 3 is 2.29 bits per heavy atom. The normalized spacial score (nSPS) is 11.6. The molecule has 0 bridgehead atoms. The molecule has 0 saturated heterocycles. The molecule has 8 nitrogen and oxygen atoms in total. The Kier molecular flexibility index (Phi) is 7.08. The van der Waals surface area contributed by atoms with Gasteiger partial charge in [-0.25, -0.2) is 0 Å². The van der Waals surface area contributed by atoms with E-state index in [0.717, 1.165) is 16.8 Å². The van der Waals surface area contributed by atoms with Crippen LogP contribution in [-0.2, 0) is 9.59 Å². The van der Waals surface area contributed by atoms with Crippen molar-refractivity contribution in [2.24, 2.45) is 0 Å². The Morgan fingerprint density at radius 2 is 1.68 bits per heavy atom. The van der Waals surface area contributed by atoms with Crippen LogP contribution in [0.5, 0.6) is 0 Å². The Balaban J connectivity index is 1.93. The summed E-state index contributed by atoms with van der Waals surface area (Å²) in [5.74, 6) is -0.668. The zero-order valence-electron chi connectivity index (χ0n) is 15.8. The van der Waals surface area contributed by atoms with E-state index in [4.69, 9.17) is 11.6 Å². The van der Waals surface area contributed by atoms with Gasteiger partial charge < -0.3 is 15.5 Å². The number of nitro groups is 1. The zero-order chi connectivity index (χ0) is 20.8. The maximum absolute atomic E-state index is 12.2. The van der Waals surface area contributed by atoms with E-state index in [1.165, 1.54) is 18.2 Å². The van der Waals surface area contributed by atoms with Crippen molar-refractivity contribution in [2.75, 3.05) is 30.8 Å². The fraction of sp³-hybridized carbons (Fsp3) is 0.263. The predicted molar refractivity (Wildman–Crippen MR) is 108 cm³/mol. The number of amides is 2. The number of nitrogens with zero attached hydrogens (tertiary/aromatic N) is 1. The number of anilines is 2. The van der Waals surface area contributed by atoms with Gasteiger partial charge in [-0.3, -0.25) is 19.7 Å². The van der Waals surface area contributed by atoms with Gasteiger partial charge in [-0.2, -0.15) is 0 Å². The first-order valence-corrected chi connectivity index (χ1v) is 8.96. The monoisotopic (exact) mass is 405 g/mol. The summed E-state index contributed by atoms with van der Waals surface area (Å²) in [6, 6.07) is 9.65. The van der Waals surface area contributed by atoms with Gasteiger partial charge in [0, 0.05) is 16.8 Å². The summed E-state index contributed by atoms with van der Waals surface area (Å²) in [5, 5.41) is 16.6. The van der Waals surface area contributed by atoms with Gasteiger partial charge >= 0.3 is 0 Å². The average Bonchev–Trinajstić information content (AvgIpc) is 2.60. The number of rotatable bonds is 7. The Bertz CT molecular complexity index is 917. The third-order valence-corrected chi connectivity index (χ3v) is 4.47.